The van der Waals surface area contributed by atoms with Gasteiger partial charge in [0.2, 0.25) is 0 Å². The van der Waals surface area contributed by atoms with E-state index in [9.17, 15) is 9.90 Å². The van der Waals surface area contributed by atoms with Gasteiger partial charge in [0.15, 0.2) is 0 Å². The second kappa shape index (κ2) is 7.63. The predicted molar refractivity (Wildman–Crippen MR) is 106 cm³/mol. The van der Waals surface area contributed by atoms with Crippen LogP contribution in [-0.2, 0) is 17.6 Å². The van der Waals surface area contributed by atoms with Crippen LogP contribution in [0.2, 0.25) is 0 Å². The second-order valence-electron chi connectivity index (χ2n) is 7.94. The molecule has 0 spiro atoms. The van der Waals surface area contributed by atoms with Crippen molar-refractivity contribution >= 4 is 5.78 Å². The maximum absolute atomic E-state index is 11.5. The molecule has 138 valence electrons. The van der Waals surface area contributed by atoms with Crippen LogP contribution in [0.3, 0.4) is 0 Å². The Hall–Kier alpha value is -2.13. The standard InChI is InChI=1S/C23H29NO2/c1-14(2)19-10-6-8-17(23(19)26)11-18-12-21(18)20-9-5-4-7-16(20)13-22(24)15(3)25/h4-10,14,18,21-22,26H,11-13,24H2,1-3H3. The van der Waals surface area contributed by atoms with Crippen molar-refractivity contribution in [1.82, 2.24) is 0 Å². The fourth-order valence-electron chi connectivity index (χ4n) is 3.84. The van der Waals surface area contributed by atoms with Crippen LogP contribution >= 0.6 is 0 Å². The van der Waals surface area contributed by atoms with Gasteiger partial charge >= 0.3 is 0 Å². The number of hydrogen-bond acceptors (Lipinski definition) is 3. The monoisotopic (exact) mass is 351 g/mol. The van der Waals surface area contributed by atoms with Crippen molar-refractivity contribution in [3.63, 3.8) is 0 Å². The third-order valence-corrected chi connectivity index (χ3v) is 5.59. The number of benzene rings is 2. The Morgan fingerprint density at radius 3 is 2.54 bits per heavy atom. The van der Waals surface area contributed by atoms with Crippen LogP contribution in [0.15, 0.2) is 42.5 Å². The molecule has 0 heterocycles. The van der Waals surface area contributed by atoms with E-state index in [-0.39, 0.29) is 5.78 Å². The highest BCUT2D eigenvalue weighted by atomic mass is 16.3. The zero-order valence-corrected chi connectivity index (χ0v) is 15.9. The molecule has 26 heavy (non-hydrogen) atoms. The van der Waals surface area contributed by atoms with E-state index >= 15 is 0 Å². The highest BCUT2D eigenvalue weighted by molar-refractivity contribution is 5.81. The number of carbonyl (C=O) groups is 1. The number of Topliss-reactive ketones (excluding diaryl/α,β-unsaturated/α-hetero) is 1. The molecule has 0 bridgehead atoms. The minimum Gasteiger partial charge on any atom is -0.507 e. The van der Waals surface area contributed by atoms with Crippen LogP contribution in [0.5, 0.6) is 5.75 Å². The first kappa shape index (κ1) is 18.7. The smallest absolute Gasteiger partial charge is 0.146 e. The summed E-state index contributed by atoms with van der Waals surface area (Å²) in [4.78, 5) is 11.5. The lowest BCUT2D eigenvalue weighted by Crippen LogP contribution is -2.30. The fourth-order valence-corrected chi connectivity index (χ4v) is 3.84. The topological polar surface area (TPSA) is 63.3 Å². The van der Waals surface area contributed by atoms with Crippen LogP contribution in [-0.4, -0.2) is 16.9 Å². The van der Waals surface area contributed by atoms with E-state index in [1.165, 1.54) is 11.1 Å². The molecule has 1 fully saturated rings. The van der Waals surface area contributed by atoms with Crippen LogP contribution in [0.4, 0.5) is 0 Å². The van der Waals surface area contributed by atoms with E-state index in [1.54, 1.807) is 6.92 Å². The van der Waals surface area contributed by atoms with Crippen molar-refractivity contribution < 1.29 is 9.90 Å². The molecular weight excluding hydrogens is 322 g/mol. The highest BCUT2D eigenvalue weighted by Crippen LogP contribution is 2.51. The fraction of sp³-hybridized carbons (Fsp3) is 0.435. The number of rotatable bonds is 7. The largest absolute Gasteiger partial charge is 0.507 e. The number of ketones is 1. The number of nitrogens with two attached hydrogens (primary N) is 1. The van der Waals surface area contributed by atoms with E-state index < -0.39 is 6.04 Å². The Kier molecular flexibility index (Phi) is 5.47. The van der Waals surface area contributed by atoms with Gasteiger partial charge in [0.25, 0.3) is 0 Å². The molecule has 3 nitrogen and oxygen atoms in total. The number of hydrogen-bond donors (Lipinski definition) is 2. The van der Waals surface area contributed by atoms with Crippen molar-refractivity contribution in [3.05, 3.63) is 64.7 Å². The van der Waals surface area contributed by atoms with Crippen molar-refractivity contribution in [2.75, 3.05) is 0 Å². The minimum atomic E-state index is -0.430. The summed E-state index contributed by atoms with van der Waals surface area (Å²) in [5, 5.41) is 10.6. The molecule has 0 amide bonds. The van der Waals surface area contributed by atoms with E-state index in [0.29, 0.717) is 29.9 Å². The molecule has 1 aliphatic rings. The first-order valence-corrected chi connectivity index (χ1v) is 9.53. The number of phenols is 1. The predicted octanol–water partition coefficient (Wildman–Crippen LogP) is 4.32. The van der Waals surface area contributed by atoms with Crippen LogP contribution < -0.4 is 5.73 Å². The summed E-state index contributed by atoms with van der Waals surface area (Å²) in [5.41, 5.74) is 10.5. The van der Waals surface area contributed by atoms with E-state index in [1.807, 2.05) is 24.3 Å². The molecule has 2 aromatic rings. The lowest BCUT2D eigenvalue weighted by molar-refractivity contribution is -0.118. The molecule has 0 aromatic heterocycles. The third kappa shape index (κ3) is 3.99. The van der Waals surface area contributed by atoms with E-state index in [2.05, 4.69) is 32.0 Å². The second-order valence-corrected chi connectivity index (χ2v) is 7.94. The van der Waals surface area contributed by atoms with Crippen LogP contribution in [0.25, 0.3) is 0 Å². The summed E-state index contributed by atoms with van der Waals surface area (Å²) >= 11 is 0. The van der Waals surface area contributed by atoms with Crippen molar-refractivity contribution in [3.8, 4) is 5.75 Å². The molecule has 3 N–H and O–H groups in total. The molecule has 3 unspecified atom stereocenters. The molecule has 2 aromatic carbocycles. The SMILES string of the molecule is CC(=O)C(N)Cc1ccccc1C1CC1Cc1cccc(C(C)C)c1O. The van der Waals surface area contributed by atoms with Gasteiger partial charge in [0, 0.05) is 0 Å². The zero-order valence-electron chi connectivity index (χ0n) is 15.9. The van der Waals surface area contributed by atoms with Gasteiger partial charge in [-0.05, 0) is 66.2 Å². The molecule has 1 saturated carbocycles. The van der Waals surface area contributed by atoms with E-state index in [0.717, 1.165) is 24.0 Å². The maximum atomic E-state index is 11.5. The lowest BCUT2D eigenvalue weighted by atomic mass is 9.93. The normalized spacial score (nSPS) is 20.2. The number of para-hydroxylation sites is 1. The van der Waals surface area contributed by atoms with Gasteiger partial charge in [-0.3, -0.25) is 4.79 Å². The van der Waals surface area contributed by atoms with Gasteiger partial charge in [-0.15, -0.1) is 0 Å². The van der Waals surface area contributed by atoms with Gasteiger partial charge < -0.3 is 10.8 Å². The van der Waals surface area contributed by atoms with Crippen molar-refractivity contribution in [2.24, 2.45) is 11.7 Å². The first-order valence-electron chi connectivity index (χ1n) is 9.53. The first-order chi connectivity index (χ1) is 12.4. The molecule has 1 aliphatic carbocycles. The lowest BCUT2D eigenvalue weighted by Gasteiger charge is -2.14. The molecule has 3 rings (SSSR count). The van der Waals surface area contributed by atoms with Gasteiger partial charge in [-0.1, -0.05) is 56.3 Å². The van der Waals surface area contributed by atoms with Crippen LogP contribution in [0.1, 0.15) is 61.3 Å². The number of aromatic hydroxyl groups is 1. The average molecular weight is 351 g/mol. The van der Waals surface area contributed by atoms with Gasteiger partial charge in [0.05, 0.1) is 6.04 Å². The molecule has 0 saturated heterocycles. The van der Waals surface area contributed by atoms with E-state index in [4.69, 9.17) is 5.73 Å². The Morgan fingerprint density at radius 2 is 1.85 bits per heavy atom. The summed E-state index contributed by atoms with van der Waals surface area (Å²) in [5.74, 6) is 1.84. The minimum absolute atomic E-state index is 0.0302. The maximum Gasteiger partial charge on any atom is 0.146 e. The summed E-state index contributed by atoms with van der Waals surface area (Å²) in [7, 11) is 0. The molecule has 0 radical (unpaired) electrons. The van der Waals surface area contributed by atoms with Crippen molar-refractivity contribution in [1.29, 1.82) is 0 Å². The Morgan fingerprint density at radius 1 is 1.15 bits per heavy atom. The molecular formula is C23H29NO2. The van der Waals surface area contributed by atoms with Gasteiger partial charge in [0.1, 0.15) is 11.5 Å². The van der Waals surface area contributed by atoms with Gasteiger partial charge in [-0.25, -0.2) is 0 Å². The third-order valence-electron chi connectivity index (χ3n) is 5.59. The van der Waals surface area contributed by atoms with Gasteiger partial charge in [-0.2, -0.15) is 0 Å². The summed E-state index contributed by atoms with van der Waals surface area (Å²) in [6, 6.07) is 14.0. The average Bonchev–Trinajstić information content (AvgIpc) is 3.36. The summed E-state index contributed by atoms with van der Waals surface area (Å²) in [6.07, 6.45) is 2.62. The Balaban J connectivity index is 1.74. The zero-order chi connectivity index (χ0) is 18.8. The molecule has 3 heteroatoms. The number of carbonyl (C=O) groups excluding carboxylic acids is 1. The number of phenolic OH excluding ortho intramolecular Hbond substituents is 1. The summed E-state index contributed by atoms with van der Waals surface area (Å²) in [6.45, 7) is 5.76. The van der Waals surface area contributed by atoms with Crippen LogP contribution in [0, 0.1) is 5.92 Å². The van der Waals surface area contributed by atoms with Crippen molar-refractivity contribution in [2.45, 2.75) is 57.9 Å². The Bertz CT molecular complexity index is 797. The summed E-state index contributed by atoms with van der Waals surface area (Å²) < 4.78 is 0. The quantitative estimate of drug-likeness (QED) is 0.781. The molecule has 3 atom stereocenters. The highest BCUT2D eigenvalue weighted by Gasteiger charge is 2.39. The molecule has 0 aliphatic heterocycles. The Labute approximate surface area is 156 Å².